The van der Waals surface area contributed by atoms with Gasteiger partial charge in [0.2, 0.25) is 11.8 Å². The predicted molar refractivity (Wildman–Crippen MR) is 53.8 cm³/mol. The molecular weight excluding hydrogens is 226 g/mol. The van der Waals surface area contributed by atoms with E-state index in [1.165, 1.54) is 0 Å². The molecule has 3 fully saturated rings. The molecule has 2 bridgehead atoms. The Morgan fingerprint density at radius 1 is 1.29 bits per heavy atom. The van der Waals surface area contributed by atoms with Crippen LogP contribution in [0.4, 0.5) is 4.79 Å². The lowest BCUT2D eigenvalue weighted by Gasteiger charge is -2.14. The molecule has 92 valence electrons. The number of rotatable bonds is 1. The van der Waals surface area contributed by atoms with Gasteiger partial charge < -0.3 is 9.47 Å². The molecule has 3 aliphatic rings. The molecule has 3 amide bonds. The average Bonchev–Trinajstić information content (AvgIpc) is 2.93. The van der Waals surface area contributed by atoms with Crippen molar-refractivity contribution in [3.05, 3.63) is 0 Å². The summed E-state index contributed by atoms with van der Waals surface area (Å²) in [6.45, 7) is 1.78. The van der Waals surface area contributed by atoms with Crippen LogP contribution in [0.25, 0.3) is 0 Å². The predicted octanol–water partition coefficient (Wildman–Crippen LogP) is 0.305. The molecule has 3 rings (SSSR count). The van der Waals surface area contributed by atoms with Crippen LogP contribution in [0.2, 0.25) is 0 Å². The van der Waals surface area contributed by atoms with Gasteiger partial charge in [-0.05, 0) is 19.8 Å². The van der Waals surface area contributed by atoms with Crippen molar-refractivity contribution in [2.24, 2.45) is 11.8 Å². The number of carbonyl (C=O) groups excluding carboxylic acids is 3. The van der Waals surface area contributed by atoms with Crippen molar-refractivity contribution in [2.45, 2.75) is 32.0 Å². The summed E-state index contributed by atoms with van der Waals surface area (Å²) < 4.78 is 10.3. The van der Waals surface area contributed by atoms with E-state index in [9.17, 15) is 14.4 Å². The largest absolute Gasteiger partial charge is 0.449 e. The molecular formula is C11H13NO5. The number of carbonyl (C=O) groups is 3. The summed E-state index contributed by atoms with van der Waals surface area (Å²) in [5, 5.41) is 0. The monoisotopic (exact) mass is 239 g/mol. The molecule has 6 nitrogen and oxygen atoms in total. The van der Waals surface area contributed by atoms with Gasteiger partial charge in [0, 0.05) is 0 Å². The molecule has 0 aromatic heterocycles. The lowest BCUT2D eigenvalue weighted by molar-refractivity contribution is -0.140. The molecule has 0 spiro atoms. The Balaban J connectivity index is 1.88. The van der Waals surface area contributed by atoms with Gasteiger partial charge in [-0.1, -0.05) is 0 Å². The van der Waals surface area contributed by atoms with Gasteiger partial charge in [0.15, 0.2) is 0 Å². The minimum Gasteiger partial charge on any atom is -0.449 e. The third-order valence-corrected chi connectivity index (χ3v) is 3.73. The van der Waals surface area contributed by atoms with E-state index in [4.69, 9.17) is 9.47 Å². The van der Waals surface area contributed by atoms with Gasteiger partial charge >= 0.3 is 6.09 Å². The number of imide groups is 3. The molecule has 3 aliphatic heterocycles. The standard InChI is InChI=1S/C11H13NO5/c1-2-16-11(15)12-9(13)7-5-3-4-6(17-5)8(7)10(12)14/h5-8H,2-4H2,1H3. The van der Waals surface area contributed by atoms with E-state index in [1.807, 2.05) is 0 Å². The highest BCUT2D eigenvalue weighted by Crippen LogP contribution is 2.48. The summed E-state index contributed by atoms with van der Waals surface area (Å²) in [7, 11) is 0. The fourth-order valence-electron chi connectivity index (χ4n) is 3.08. The Bertz CT molecular complexity index is 379. The van der Waals surface area contributed by atoms with Gasteiger partial charge in [-0.15, -0.1) is 0 Å². The minimum absolute atomic E-state index is 0.147. The number of hydrogen-bond acceptors (Lipinski definition) is 5. The smallest absolute Gasteiger partial charge is 0.423 e. The zero-order valence-corrected chi connectivity index (χ0v) is 9.42. The highest BCUT2D eigenvalue weighted by Gasteiger charge is 2.64. The highest BCUT2D eigenvalue weighted by molar-refractivity contribution is 6.16. The quantitative estimate of drug-likeness (QED) is 0.615. The van der Waals surface area contributed by atoms with Crippen LogP contribution in [-0.2, 0) is 19.1 Å². The number of hydrogen-bond donors (Lipinski definition) is 0. The normalized spacial score (nSPS) is 38.8. The van der Waals surface area contributed by atoms with Crippen LogP contribution in [0.3, 0.4) is 0 Å². The zero-order chi connectivity index (χ0) is 12.2. The van der Waals surface area contributed by atoms with Crippen LogP contribution < -0.4 is 0 Å². The number of fused-ring (bicyclic) bond motifs is 5. The van der Waals surface area contributed by atoms with Gasteiger partial charge in [0.05, 0.1) is 30.7 Å². The Morgan fingerprint density at radius 3 is 2.29 bits per heavy atom. The molecule has 0 aliphatic carbocycles. The van der Waals surface area contributed by atoms with Crippen LogP contribution >= 0.6 is 0 Å². The van der Waals surface area contributed by atoms with E-state index in [2.05, 4.69) is 0 Å². The maximum Gasteiger partial charge on any atom is 0.423 e. The van der Waals surface area contributed by atoms with Crippen molar-refractivity contribution < 1.29 is 23.9 Å². The average molecular weight is 239 g/mol. The van der Waals surface area contributed by atoms with Gasteiger partial charge in [-0.3, -0.25) is 9.59 Å². The van der Waals surface area contributed by atoms with Gasteiger partial charge in [0.25, 0.3) is 0 Å². The lowest BCUT2D eigenvalue weighted by Crippen LogP contribution is -2.39. The number of nitrogens with zero attached hydrogens (tertiary/aromatic N) is 1. The fourth-order valence-corrected chi connectivity index (χ4v) is 3.08. The summed E-state index contributed by atoms with van der Waals surface area (Å²) >= 11 is 0. The Hall–Kier alpha value is -1.43. The molecule has 0 N–H and O–H groups in total. The van der Waals surface area contributed by atoms with E-state index in [0.717, 1.165) is 12.8 Å². The summed E-state index contributed by atoms with van der Waals surface area (Å²) in [6.07, 6.45) is 0.348. The van der Waals surface area contributed by atoms with Crippen LogP contribution in [0.15, 0.2) is 0 Å². The highest BCUT2D eigenvalue weighted by atomic mass is 16.6. The Labute approximate surface area is 97.8 Å². The maximum absolute atomic E-state index is 12.0. The Morgan fingerprint density at radius 2 is 1.82 bits per heavy atom. The van der Waals surface area contributed by atoms with E-state index in [-0.39, 0.29) is 18.8 Å². The van der Waals surface area contributed by atoms with Crippen LogP contribution in [0.1, 0.15) is 19.8 Å². The van der Waals surface area contributed by atoms with Crippen molar-refractivity contribution in [3.8, 4) is 0 Å². The van der Waals surface area contributed by atoms with Gasteiger partial charge in [0.1, 0.15) is 0 Å². The second-order valence-corrected chi connectivity index (χ2v) is 4.55. The van der Waals surface area contributed by atoms with E-state index in [1.54, 1.807) is 6.92 Å². The van der Waals surface area contributed by atoms with Gasteiger partial charge in [-0.2, -0.15) is 4.90 Å². The molecule has 0 aromatic carbocycles. The molecule has 3 heterocycles. The first-order chi connectivity index (χ1) is 8.15. The second kappa shape index (κ2) is 3.53. The zero-order valence-electron chi connectivity index (χ0n) is 9.42. The van der Waals surface area contributed by atoms with E-state index < -0.39 is 29.7 Å². The molecule has 4 unspecified atom stereocenters. The lowest BCUT2D eigenvalue weighted by atomic mass is 9.81. The van der Waals surface area contributed by atoms with E-state index >= 15 is 0 Å². The SMILES string of the molecule is CCOC(=O)N1C(=O)C2C3CCC(O3)C2C1=O. The topological polar surface area (TPSA) is 72.9 Å². The molecule has 4 atom stereocenters. The van der Waals surface area contributed by atoms with Crippen molar-refractivity contribution in [3.63, 3.8) is 0 Å². The molecule has 3 saturated heterocycles. The summed E-state index contributed by atoms with van der Waals surface area (Å²) in [5.41, 5.74) is 0. The number of amides is 3. The van der Waals surface area contributed by atoms with Crippen LogP contribution in [-0.4, -0.2) is 41.6 Å². The first-order valence-electron chi connectivity index (χ1n) is 5.85. The van der Waals surface area contributed by atoms with Crippen LogP contribution in [0.5, 0.6) is 0 Å². The summed E-state index contributed by atoms with van der Waals surface area (Å²) in [6, 6.07) is 0. The first-order valence-corrected chi connectivity index (χ1v) is 5.85. The molecule has 6 heteroatoms. The minimum atomic E-state index is -0.851. The maximum atomic E-state index is 12.0. The van der Waals surface area contributed by atoms with Gasteiger partial charge in [-0.25, -0.2) is 4.79 Å². The molecule has 0 radical (unpaired) electrons. The Kier molecular flexibility index (Phi) is 2.22. The molecule has 0 saturated carbocycles. The molecule has 17 heavy (non-hydrogen) atoms. The van der Waals surface area contributed by atoms with Crippen LogP contribution in [0, 0.1) is 11.8 Å². The van der Waals surface area contributed by atoms with Crippen molar-refractivity contribution in [1.29, 1.82) is 0 Å². The number of likely N-dealkylation sites (tertiary alicyclic amines) is 1. The summed E-state index contributed by atoms with van der Waals surface area (Å²) in [5.74, 6) is -1.84. The second-order valence-electron chi connectivity index (χ2n) is 4.55. The summed E-state index contributed by atoms with van der Waals surface area (Å²) in [4.78, 5) is 36.3. The third-order valence-electron chi connectivity index (χ3n) is 3.73. The van der Waals surface area contributed by atoms with E-state index in [0.29, 0.717) is 4.90 Å². The number of ether oxygens (including phenoxy) is 2. The molecule has 0 aromatic rings. The van der Waals surface area contributed by atoms with Crippen molar-refractivity contribution in [2.75, 3.05) is 6.61 Å². The third kappa shape index (κ3) is 1.27. The van der Waals surface area contributed by atoms with Crippen molar-refractivity contribution >= 4 is 17.9 Å². The van der Waals surface area contributed by atoms with Crippen molar-refractivity contribution in [1.82, 2.24) is 4.90 Å². The fraction of sp³-hybridized carbons (Fsp3) is 0.727. The first kappa shape index (κ1) is 10.7.